The molecule has 1 aromatic carbocycles. The summed E-state index contributed by atoms with van der Waals surface area (Å²) >= 11 is 3.16. The number of anilines is 1. The van der Waals surface area contributed by atoms with E-state index in [1.54, 1.807) is 0 Å². The average molecular weight is 344 g/mol. The predicted molar refractivity (Wildman–Crippen MR) is 75.9 cm³/mol. The summed E-state index contributed by atoms with van der Waals surface area (Å²) < 4.78 is 13.4. The van der Waals surface area contributed by atoms with Crippen LogP contribution in [0.3, 0.4) is 0 Å². The van der Waals surface area contributed by atoms with Gasteiger partial charge in [-0.1, -0.05) is 12.8 Å². The van der Waals surface area contributed by atoms with Gasteiger partial charge in [-0.05, 0) is 47.0 Å². The highest BCUT2D eigenvalue weighted by Gasteiger charge is 2.42. The predicted octanol–water partition coefficient (Wildman–Crippen LogP) is 3.56. The van der Waals surface area contributed by atoms with Crippen molar-refractivity contribution in [2.45, 2.75) is 32.1 Å². The van der Waals surface area contributed by atoms with E-state index in [9.17, 15) is 19.1 Å². The molecule has 2 rings (SSSR count). The van der Waals surface area contributed by atoms with Gasteiger partial charge in [0.25, 0.3) is 0 Å². The van der Waals surface area contributed by atoms with Crippen molar-refractivity contribution < 1.29 is 19.1 Å². The maximum atomic E-state index is 13.0. The van der Waals surface area contributed by atoms with Crippen LogP contribution in [0.4, 0.5) is 10.1 Å². The van der Waals surface area contributed by atoms with Crippen molar-refractivity contribution in [2.24, 2.45) is 5.41 Å². The second kappa shape index (κ2) is 5.91. The van der Waals surface area contributed by atoms with Crippen molar-refractivity contribution in [3.8, 4) is 0 Å². The number of carboxylic acid groups (broad SMARTS) is 1. The first-order valence-electron chi connectivity index (χ1n) is 6.41. The Bertz CT molecular complexity index is 541. The van der Waals surface area contributed by atoms with Crippen LogP contribution in [-0.2, 0) is 9.59 Å². The third-order valence-corrected chi connectivity index (χ3v) is 4.37. The van der Waals surface area contributed by atoms with E-state index < -0.39 is 17.2 Å². The Hall–Kier alpha value is -1.43. The molecule has 108 valence electrons. The number of benzene rings is 1. The molecule has 1 fully saturated rings. The van der Waals surface area contributed by atoms with Gasteiger partial charge in [-0.15, -0.1) is 0 Å². The van der Waals surface area contributed by atoms with Crippen LogP contribution in [0.5, 0.6) is 0 Å². The summed E-state index contributed by atoms with van der Waals surface area (Å²) in [6.45, 7) is 0. The highest BCUT2D eigenvalue weighted by molar-refractivity contribution is 9.10. The average Bonchev–Trinajstić information content (AvgIpc) is 2.82. The molecule has 0 atom stereocenters. The van der Waals surface area contributed by atoms with Gasteiger partial charge in [0.05, 0.1) is 11.1 Å². The third kappa shape index (κ3) is 3.17. The number of nitrogens with one attached hydrogen (secondary N) is 1. The van der Waals surface area contributed by atoms with Crippen LogP contribution in [0.25, 0.3) is 0 Å². The van der Waals surface area contributed by atoms with Gasteiger partial charge < -0.3 is 10.4 Å². The zero-order valence-corrected chi connectivity index (χ0v) is 12.4. The number of hydrogen-bond acceptors (Lipinski definition) is 2. The van der Waals surface area contributed by atoms with Crippen molar-refractivity contribution in [1.29, 1.82) is 0 Å². The lowest BCUT2D eigenvalue weighted by atomic mass is 9.82. The quantitative estimate of drug-likeness (QED) is 0.878. The second-order valence-corrected chi connectivity index (χ2v) is 6.00. The van der Waals surface area contributed by atoms with E-state index in [-0.39, 0.29) is 12.3 Å². The molecule has 0 bridgehead atoms. The molecule has 0 saturated heterocycles. The summed E-state index contributed by atoms with van der Waals surface area (Å²) in [5.41, 5.74) is -0.508. The van der Waals surface area contributed by atoms with Crippen LogP contribution in [0.2, 0.25) is 0 Å². The monoisotopic (exact) mass is 343 g/mol. The zero-order chi connectivity index (χ0) is 14.8. The summed E-state index contributed by atoms with van der Waals surface area (Å²) in [4.78, 5) is 23.4. The first-order valence-corrected chi connectivity index (χ1v) is 7.21. The van der Waals surface area contributed by atoms with Crippen LogP contribution >= 0.6 is 15.9 Å². The van der Waals surface area contributed by atoms with E-state index in [1.807, 2.05) is 0 Å². The first kappa shape index (κ1) is 15.0. The van der Waals surface area contributed by atoms with Gasteiger partial charge in [0, 0.05) is 10.9 Å². The topological polar surface area (TPSA) is 66.4 Å². The molecule has 0 unspecified atom stereocenters. The Morgan fingerprint density at radius 2 is 2.00 bits per heavy atom. The Morgan fingerprint density at radius 1 is 1.35 bits per heavy atom. The number of halogens is 2. The fraction of sp³-hybridized carbons (Fsp3) is 0.429. The fourth-order valence-electron chi connectivity index (χ4n) is 2.61. The molecule has 0 spiro atoms. The van der Waals surface area contributed by atoms with Crippen LogP contribution in [0.1, 0.15) is 32.1 Å². The van der Waals surface area contributed by atoms with E-state index in [0.29, 0.717) is 23.0 Å². The van der Waals surface area contributed by atoms with Gasteiger partial charge in [-0.3, -0.25) is 9.59 Å². The molecule has 2 N–H and O–H groups in total. The molecule has 1 aliphatic rings. The van der Waals surface area contributed by atoms with Crippen LogP contribution < -0.4 is 5.32 Å². The van der Waals surface area contributed by atoms with Gasteiger partial charge in [-0.2, -0.15) is 0 Å². The molecule has 0 aliphatic heterocycles. The van der Waals surface area contributed by atoms with Gasteiger partial charge >= 0.3 is 5.97 Å². The fourth-order valence-corrected chi connectivity index (χ4v) is 3.06. The first-order chi connectivity index (χ1) is 9.43. The highest BCUT2D eigenvalue weighted by Crippen LogP contribution is 2.41. The molecular formula is C14H15BrFNO3. The van der Waals surface area contributed by atoms with Gasteiger partial charge in [0.15, 0.2) is 0 Å². The van der Waals surface area contributed by atoms with Crippen molar-refractivity contribution in [1.82, 2.24) is 0 Å². The zero-order valence-electron chi connectivity index (χ0n) is 10.8. The Balaban J connectivity index is 2.07. The SMILES string of the molecule is O=C(CC1(C(=O)O)CCCC1)Nc1ccc(F)cc1Br. The van der Waals surface area contributed by atoms with E-state index in [0.717, 1.165) is 12.8 Å². The minimum atomic E-state index is -0.948. The van der Waals surface area contributed by atoms with Crippen LogP contribution in [0.15, 0.2) is 22.7 Å². The third-order valence-electron chi connectivity index (χ3n) is 3.72. The van der Waals surface area contributed by atoms with E-state index in [1.165, 1.54) is 18.2 Å². The van der Waals surface area contributed by atoms with Gasteiger partial charge in [-0.25, -0.2) is 4.39 Å². The largest absolute Gasteiger partial charge is 0.481 e. The Labute approximate surface area is 124 Å². The number of rotatable bonds is 4. The summed E-state index contributed by atoms with van der Waals surface area (Å²) in [7, 11) is 0. The highest BCUT2D eigenvalue weighted by atomic mass is 79.9. The smallest absolute Gasteiger partial charge is 0.310 e. The molecule has 0 heterocycles. The van der Waals surface area contributed by atoms with E-state index >= 15 is 0 Å². The number of hydrogen-bond donors (Lipinski definition) is 2. The summed E-state index contributed by atoms with van der Waals surface area (Å²) in [6.07, 6.45) is 2.67. The number of carboxylic acids is 1. The van der Waals surface area contributed by atoms with Crippen molar-refractivity contribution in [2.75, 3.05) is 5.32 Å². The maximum Gasteiger partial charge on any atom is 0.310 e. The van der Waals surface area contributed by atoms with Crippen LogP contribution in [0, 0.1) is 11.2 Å². The van der Waals surface area contributed by atoms with Gasteiger partial charge in [0.2, 0.25) is 5.91 Å². The van der Waals surface area contributed by atoms with E-state index in [4.69, 9.17) is 0 Å². The molecule has 1 amide bonds. The molecule has 1 aliphatic carbocycles. The summed E-state index contributed by atoms with van der Waals surface area (Å²) in [5, 5.41) is 12.0. The summed E-state index contributed by atoms with van der Waals surface area (Å²) in [6, 6.07) is 3.93. The van der Waals surface area contributed by atoms with Crippen molar-refractivity contribution in [3.05, 3.63) is 28.5 Å². The second-order valence-electron chi connectivity index (χ2n) is 5.14. The standard InChI is InChI=1S/C14H15BrFNO3/c15-10-7-9(16)3-4-11(10)17-12(18)8-14(13(19)20)5-1-2-6-14/h3-4,7H,1-2,5-6,8H2,(H,17,18)(H,19,20). The Morgan fingerprint density at radius 3 is 2.55 bits per heavy atom. The van der Waals surface area contributed by atoms with E-state index in [2.05, 4.69) is 21.2 Å². The number of carbonyl (C=O) groups is 2. The lowest BCUT2D eigenvalue weighted by Gasteiger charge is -2.23. The van der Waals surface area contributed by atoms with Crippen LogP contribution in [-0.4, -0.2) is 17.0 Å². The maximum absolute atomic E-state index is 13.0. The minimum Gasteiger partial charge on any atom is -0.481 e. The minimum absolute atomic E-state index is 0.0495. The lowest BCUT2D eigenvalue weighted by Crippen LogP contribution is -2.32. The summed E-state index contributed by atoms with van der Waals surface area (Å²) in [5.74, 6) is -1.68. The van der Waals surface area contributed by atoms with Crippen molar-refractivity contribution >= 4 is 33.5 Å². The number of aliphatic carboxylic acids is 1. The number of amides is 1. The number of carbonyl (C=O) groups excluding carboxylic acids is 1. The molecule has 1 aromatic rings. The molecule has 4 nitrogen and oxygen atoms in total. The molecule has 6 heteroatoms. The normalized spacial score (nSPS) is 16.9. The lowest BCUT2D eigenvalue weighted by molar-refractivity contribution is -0.150. The molecule has 1 saturated carbocycles. The molecule has 0 aromatic heterocycles. The Kier molecular flexibility index (Phi) is 4.42. The molecule has 20 heavy (non-hydrogen) atoms. The van der Waals surface area contributed by atoms with Crippen molar-refractivity contribution in [3.63, 3.8) is 0 Å². The van der Waals surface area contributed by atoms with Gasteiger partial charge in [0.1, 0.15) is 5.82 Å². The molecular weight excluding hydrogens is 329 g/mol. The molecule has 0 radical (unpaired) electrons.